The molecule has 1 unspecified atom stereocenters. The molecule has 1 aliphatic heterocycles. The highest BCUT2D eigenvalue weighted by molar-refractivity contribution is 5.51. The zero-order valence-corrected chi connectivity index (χ0v) is 9.88. The van der Waals surface area contributed by atoms with Crippen LogP contribution in [0.5, 0.6) is 0 Å². The van der Waals surface area contributed by atoms with Gasteiger partial charge in [-0.3, -0.25) is 0 Å². The van der Waals surface area contributed by atoms with Crippen molar-refractivity contribution in [3.05, 3.63) is 29.3 Å². The number of benzene rings is 1. The molecular formula is C13H20N2. The SMILES string of the molecule is CNC1CCN(c2cc(C)cc(C)c2)C1. The Bertz CT molecular complexity index is 326. The van der Waals surface area contributed by atoms with E-state index in [9.17, 15) is 0 Å². The molecule has 1 aliphatic rings. The predicted octanol–water partition coefficient (Wildman–Crippen LogP) is 2.10. The number of hydrogen-bond donors (Lipinski definition) is 1. The summed E-state index contributed by atoms with van der Waals surface area (Å²) in [7, 11) is 2.05. The molecule has 2 rings (SSSR count). The largest absolute Gasteiger partial charge is 0.370 e. The minimum atomic E-state index is 0.658. The molecule has 1 saturated heterocycles. The summed E-state index contributed by atoms with van der Waals surface area (Å²) >= 11 is 0. The van der Waals surface area contributed by atoms with Crippen LogP contribution in [0.3, 0.4) is 0 Å². The standard InChI is InChI=1S/C13H20N2/c1-10-6-11(2)8-13(7-10)15-5-4-12(9-15)14-3/h6-8,12,14H,4-5,9H2,1-3H3. The van der Waals surface area contributed by atoms with Crippen LogP contribution in [0, 0.1) is 13.8 Å². The third kappa shape index (κ3) is 2.32. The van der Waals surface area contributed by atoms with Crippen LogP contribution in [0.1, 0.15) is 17.5 Å². The van der Waals surface area contributed by atoms with Crippen molar-refractivity contribution in [1.82, 2.24) is 5.32 Å². The Hall–Kier alpha value is -1.02. The fourth-order valence-electron chi connectivity index (χ4n) is 2.36. The monoisotopic (exact) mass is 204 g/mol. The van der Waals surface area contributed by atoms with E-state index in [4.69, 9.17) is 0 Å². The number of nitrogens with one attached hydrogen (secondary N) is 1. The van der Waals surface area contributed by atoms with Crippen molar-refractivity contribution in [1.29, 1.82) is 0 Å². The fourth-order valence-corrected chi connectivity index (χ4v) is 2.36. The van der Waals surface area contributed by atoms with E-state index in [1.165, 1.54) is 29.8 Å². The normalized spacial score (nSPS) is 21.0. The average molecular weight is 204 g/mol. The van der Waals surface area contributed by atoms with Crippen LogP contribution < -0.4 is 10.2 Å². The van der Waals surface area contributed by atoms with E-state index in [2.05, 4.69) is 49.3 Å². The lowest BCUT2D eigenvalue weighted by Crippen LogP contribution is -2.29. The molecule has 82 valence electrons. The van der Waals surface area contributed by atoms with Crippen LogP contribution in [-0.2, 0) is 0 Å². The predicted molar refractivity (Wildman–Crippen MR) is 65.6 cm³/mol. The maximum absolute atomic E-state index is 3.35. The van der Waals surface area contributed by atoms with Crippen molar-refractivity contribution in [2.75, 3.05) is 25.0 Å². The first-order chi connectivity index (χ1) is 7.19. The van der Waals surface area contributed by atoms with Gasteiger partial charge < -0.3 is 10.2 Å². The van der Waals surface area contributed by atoms with Crippen LogP contribution in [0.15, 0.2) is 18.2 Å². The van der Waals surface area contributed by atoms with Gasteiger partial charge in [0.25, 0.3) is 0 Å². The maximum Gasteiger partial charge on any atom is 0.0372 e. The van der Waals surface area contributed by atoms with Gasteiger partial charge in [-0.15, -0.1) is 0 Å². The lowest BCUT2D eigenvalue weighted by molar-refractivity contribution is 0.617. The molecule has 0 spiro atoms. The molecule has 0 amide bonds. The molecule has 1 aromatic carbocycles. The molecule has 15 heavy (non-hydrogen) atoms. The van der Waals surface area contributed by atoms with Gasteiger partial charge in [-0.2, -0.15) is 0 Å². The quantitative estimate of drug-likeness (QED) is 0.793. The summed E-state index contributed by atoms with van der Waals surface area (Å²) in [5.41, 5.74) is 4.10. The first-order valence-corrected chi connectivity index (χ1v) is 5.69. The molecule has 0 saturated carbocycles. The number of likely N-dealkylation sites (N-methyl/N-ethyl adjacent to an activating group) is 1. The number of nitrogens with zero attached hydrogens (tertiary/aromatic N) is 1. The molecule has 0 aliphatic carbocycles. The molecule has 1 fully saturated rings. The summed E-state index contributed by atoms with van der Waals surface area (Å²) in [5.74, 6) is 0. The molecule has 1 aromatic rings. The van der Waals surface area contributed by atoms with E-state index in [0.29, 0.717) is 6.04 Å². The third-order valence-corrected chi connectivity index (χ3v) is 3.17. The molecule has 2 nitrogen and oxygen atoms in total. The second-order valence-corrected chi connectivity index (χ2v) is 4.57. The Morgan fingerprint density at radius 2 is 1.87 bits per heavy atom. The fraction of sp³-hybridized carbons (Fsp3) is 0.538. The Labute approximate surface area is 92.3 Å². The van der Waals surface area contributed by atoms with E-state index in [1.807, 2.05) is 0 Å². The van der Waals surface area contributed by atoms with E-state index < -0.39 is 0 Å². The van der Waals surface area contributed by atoms with Crippen LogP contribution in [-0.4, -0.2) is 26.2 Å². The molecule has 1 N–H and O–H groups in total. The number of anilines is 1. The average Bonchev–Trinajstić information content (AvgIpc) is 2.64. The topological polar surface area (TPSA) is 15.3 Å². The van der Waals surface area contributed by atoms with E-state index in [0.717, 1.165) is 6.54 Å². The zero-order chi connectivity index (χ0) is 10.8. The van der Waals surface area contributed by atoms with Crippen molar-refractivity contribution < 1.29 is 0 Å². The van der Waals surface area contributed by atoms with Crippen LogP contribution in [0.25, 0.3) is 0 Å². The maximum atomic E-state index is 3.35. The summed E-state index contributed by atoms with van der Waals surface area (Å²) in [6.45, 7) is 6.65. The smallest absolute Gasteiger partial charge is 0.0372 e. The summed E-state index contributed by atoms with van der Waals surface area (Å²) in [4.78, 5) is 2.47. The highest BCUT2D eigenvalue weighted by atomic mass is 15.2. The lowest BCUT2D eigenvalue weighted by Gasteiger charge is -2.19. The summed E-state index contributed by atoms with van der Waals surface area (Å²) in [6, 6.07) is 7.45. The minimum absolute atomic E-state index is 0.658. The van der Waals surface area contributed by atoms with Crippen LogP contribution in [0.2, 0.25) is 0 Å². The van der Waals surface area contributed by atoms with Crippen molar-refractivity contribution >= 4 is 5.69 Å². The summed E-state index contributed by atoms with van der Waals surface area (Å²) in [5, 5.41) is 3.35. The van der Waals surface area contributed by atoms with Gasteiger partial charge in [0.2, 0.25) is 0 Å². The van der Waals surface area contributed by atoms with Gasteiger partial charge in [-0.05, 0) is 50.6 Å². The molecule has 0 aromatic heterocycles. The van der Waals surface area contributed by atoms with Gasteiger partial charge in [0.05, 0.1) is 0 Å². The van der Waals surface area contributed by atoms with Crippen LogP contribution in [0.4, 0.5) is 5.69 Å². The Morgan fingerprint density at radius 3 is 2.40 bits per heavy atom. The Kier molecular flexibility index (Phi) is 2.96. The van der Waals surface area contributed by atoms with Gasteiger partial charge in [0.1, 0.15) is 0 Å². The number of rotatable bonds is 2. The first-order valence-electron chi connectivity index (χ1n) is 5.69. The second-order valence-electron chi connectivity index (χ2n) is 4.57. The van der Waals surface area contributed by atoms with Gasteiger partial charge in [-0.25, -0.2) is 0 Å². The Balaban J connectivity index is 2.16. The number of aryl methyl sites for hydroxylation is 2. The van der Waals surface area contributed by atoms with Gasteiger partial charge >= 0.3 is 0 Å². The first kappa shape index (κ1) is 10.5. The molecule has 2 heteroatoms. The second kappa shape index (κ2) is 4.23. The highest BCUT2D eigenvalue weighted by Crippen LogP contribution is 2.22. The highest BCUT2D eigenvalue weighted by Gasteiger charge is 2.21. The molecule has 0 radical (unpaired) electrons. The summed E-state index contributed by atoms with van der Waals surface area (Å²) < 4.78 is 0. The molecular weight excluding hydrogens is 184 g/mol. The van der Waals surface area contributed by atoms with Crippen LogP contribution >= 0.6 is 0 Å². The van der Waals surface area contributed by atoms with E-state index in [-0.39, 0.29) is 0 Å². The van der Waals surface area contributed by atoms with Crippen molar-refractivity contribution in [2.24, 2.45) is 0 Å². The van der Waals surface area contributed by atoms with E-state index >= 15 is 0 Å². The third-order valence-electron chi connectivity index (χ3n) is 3.17. The number of hydrogen-bond acceptors (Lipinski definition) is 2. The lowest BCUT2D eigenvalue weighted by atomic mass is 10.1. The zero-order valence-electron chi connectivity index (χ0n) is 9.88. The van der Waals surface area contributed by atoms with E-state index in [1.54, 1.807) is 0 Å². The molecule has 0 bridgehead atoms. The van der Waals surface area contributed by atoms with Gasteiger partial charge in [-0.1, -0.05) is 6.07 Å². The minimum Gasteiger partial charge on any atom is -0.370 e. The molecule has 1 heterocycles. The van der Waals surface area contributed by atoms with Gasteiger partial charge in [0, 0.05) is 24.8 Å². The Morgan fingerprint density at radius 1 is 1.20 bits per heavy atom. The van der Waals surface area contributed by atoms with Crippen molar-refractivity contribution in [2.45, 2.75) is 26.3 Å². The summed E-state index contributed by atoms with van der Waals surface area (Å²) in [6.07, 6.45) is 1.25. The van der Waals surface area contributed by atoms with Crippen molar-refractivity contribution in [3.63, 3.8) is 0 Å². The van der Waals surface area contributed by atoms with Gasteiger partial charge in [0.15, 0.2) is 0 Å². The van der Waals surface area contributed by atoms with Crippen molar-refractivity contribution in [3.8, 4) is 0 Å². The molecule has 1 atom stereocenters.